The van der Waals surface area contributed by atoms with Crippen molar-refractivity contribution in [2.45, 2.75) is 101 Å². The molecule has 6 rings (SSSR count). The summed E-state index contributed by atoms with van der Waals surface area (Å²) in [5.41, 5.74) is 1.93. The lowest BCUT2D eigenvalue weighted by Gasteiger charge is -2.51. The van der Waals surface area contributed by atoms with Gasteiger partial charge >= 0.3 is 0 Å². The molecule has 0 saturated heterocycles. The van der Waals surface area contributed by atoms with E-state index in [1.165, 1.54) is 11.1 Å². The fraction of sp³-hybridized carbons (Fsp3) is 0.600. The monoisotopic (exact) mass is 739 g/mol. The number of sulfonamides is 1. The van der Waals surface area contributed by atoms with Gasteiger partial charge in [0.25, 0.3) is 5.91 Å². The van der Waals surface area contributed by atoms with E-state index >= 15 is 0 Å². The van der Waals surface area contributed by atoms with Crippen LogP contribution in [0.2, 0.25) is 5.02 Å². The van der Waals surface area contributed by atoms with Gasteiger partial charge in [-0.05, 0) is 125 Å². The van der Waals surface area contributed by atoms with Crippen LogP contribution >= 0.6 is 11.6 Å². The van der Waals surface area contributed by atoms with Gasteiger partial charge in [-0.1, -0.05) is 36.7 Å². The Hall–Kier alpha value is -3.08. The van der Waals surface area contributed by atoms with Gasteiger partial charge < -0.3 is 19.3 Å². The summed E-state index contributed by atoms with van der Waals surface area (Å²) in [7, 11) is -0.478. The van der Waals surface area contributed by atoms with E-state index in [2.05, 4.69) is 21.8 Å². The number of aryl methyl sites for hydroxylation is 1. The molecule has 0 radical (unpaired) electrons. The third-order valence-electron chi connectivity index (χ3n) is 12.4. The number of benzene rings is 2. The highest BCUT2D eigenvalue weighted by Crippen LogP contribution is 2.50. The standard InChI is InChI=1S/C40H54ClN3O6S/c1-26-10-8-19-40(49-7,22-36(45)43(6)38(3,4)5)33-15-12-30(33)23-44-24-39(18-9-11-28-20-31(41)14-16-32(28)39)25-50-35-17-13-29(21-34(35)44)37(46)42-51(47,48)27(26)2/h8,13-14,16-17,19-21,26-27,30,33H,9-12,15,18,22-25H2,1-7H3,(H,42,46)/b19-8-/t26-,27+,30-,33+,39-,40+/m0/s1. The van der Waals surface area contributed by atoms with Crippen molar-refractivity contribution < 1.29 is 27.5 Å². The zero-order valence-electron chi connectivity index (χ0n) is 31.1. The topological polar surface area (TPSA) is 105 Å². The summed E-state index contributed by atoms with van der Waals surface area (Å²) in [6.45, 7) is 11.3. The Bertz CT molecular complexity index is 1810. The molecule has 1 N–H and O–H groups in total. The van der Waals surface area contributed by atoms with Gasteiger partial charge in [-0.25, -0.2) is 13.1 Å². The van der Waals surface area contributed by atoms with Crippen LogP contribution in [0.5, 0.6) is 5.75 Å². The van der Waals surface area contributed by atoms with E-state index < -0.39 is 26.8 Å². The van der Waals surface area contributed by atoms with Crippen LogP contribution in [0.15, 0.2) is 48.6 Å². The summed E-state index contributed by atoms with van der Waals surface area (Å²) in [5, 5.41) is -0.127. The van der Waals surface area contributed by atoms with Gasteiger partial charge in [0.1, 0.15) is 5.75 Å². The summed E-state index contributed by atoms with van der Waals surface area (Å²) in [4.78, 5) is 31.6. The van der Waals surface area contributed by atoms with Crippen LogP contribution in [0.25, 0.3) is 0 Å². The molecule has 2 aromatic carbocycles. The minimum atomic E-state index is -4.01. The quantitative estimate of drug-likeness (QED) is 0.341. The Balaban J connectivity index is 1.46. The second-order valence-corrected chi connectivity index (χ2v) is 19.0. The van der Waals surface area contributed by atoms with Crippen LogP contribution < -0.4 is 14.4 Å². The lowest BCUT2D eigenvalue weighted by atomic mass is 9.62. The molecular formula is C40H54ClN3O6S. The third kappa shape index (κ3) is 7.30. The summed E-state index contributed by atoms with van der Waals surface area (Å²) in [6.07, 6.45) is 9.35. The Kier molecular flexibility index (Phi) is 10.4. The van der Waals surface area contributed by atoms with Gasteiger partial charge in [-0.15, -0.1) is 0 Å². The predicted molar refractivity (Wildman–Crippen MR) is 202 cm³/mol. The largest absolute Gasteiger partial charge is 0.490 e. The van der Waals surface area contributed by atoms with E-state index in [1.807, 2.05) is 53.0 Å². The number of amides is 2. The van der Waals surface area contributed by atoms with Gasteiger partial charge in [0.15, 0.2) is 0 Å². The van der Waals surface area contributed by atoms with Gasteiger partial charge in [0.2, 0.25) is 15.9 Å². The van der Waals surface area contributed by atoms with E-state index in [-0.39, 0.29) is 46.6 Å². The number of rotatable bonds is 3. The molecular weight excluding hydrogens is 686 g/mol. The first-order valence-corrected chi connectivity index (χ1v) is 20.3. The van der Waals surface area contributed by atoms with Crippen molar-refractivity contribution in [1.29, 1.82) is 0 Å². The zero-order valence-corrected chi connectivity index (χ0v) is 32.7. The lowest BCUT2D eigenvalue weighted by Crippen LogP contribution is -2.55. The second kappa shape index (κ2) is 14.0. The van der Waals surface area contributed by atoms with Gasteiger partial charge in [0, 0.05) is 48.8 Å². The first-order valence-electron chi connectivity index (χ1n) is 18.3. The number of nitrogens with zero attached hydrogens (tertiary/aromatic N) is 2. The lowest BCUT2D eigenvalue weighted by molar-refractivity contribution is -0.145. The predicted octanol–water partition coefficient (Wildman–Crippen LogP) is 6.92. The first kappa shape index (κ1) is 37.7. The highest BCUT2D eigenvalue weighted by molar-refractivity contribution is 7.90. The normalized spacial score (nSPS) is 31.2. The molecule has 1 fully saturated rings. The second-order valence-electron chi connectivity index (χ2n) is 16.5. The minimum Gasteiger partial charge on any atom is -0.490 e. The van der Waals surface area contributed by atoms with Crippen molar-refractivity contribution in [2.24, 2.45) is 17.8 Å². The summed E-state index contributed by atoms with van der Waals surface area (Å²) in [5.74, 6) is -0.0905. The fourth-order valence-corrected chi connectivity index (χ4v) is 10.0. The van der Waals surface area contributed by atoms with Crippen molar-refractivity contribution in [3.63, 3.8) is 0 Å². The Morgan fingerprint density at radius 1 is 1.16 bits per heavy atom. The molecule has 11 heteroatoms. The van der Waals surface area contributed by atoms with Gasteiger partial charge in [-0.2, -0.15) is 0 Å². The molecule has 1 saturated carbocycles. The third-order valence-corrected chi connectivity index (χ3v) is 14.6. The smallest absolute Gasteiger partial charge is 0.264 e. The molecule has 2 amide bonds. The summed E-state index contributed by atoms with van der Waals surface area (Å²) >= 11 is 6.47. The maximum atomic E-state index is 13.9. The van der Waals surface area contributed by atoms with Gasteiger partial charge in [0.05, 0.1) is 29.6 Å². The number of nitrogens with one attached hydrogen (secondary N) is 1. The average molecular weight is 740 g/mol. The maximum Gasteiger partial charge on any atom is 0.264 e. The number of methoxy groups -OCH3 is 1. The Morgan fingerprint density at radius 3 is 2.61 bits per heavy atom. The number of carbonyl (C=O) groups excluding carboxylic acids is 2. The summed E-state index contributed by atoms with van der Waals surface area (Å²) in [6, 6.07) is 11.4. The number of carbonyl (C=O) groups is 2. The number of hydrogen-bond acceptors (Lipinski definition) is 7. The van der Waals surface area contributed by atoms with Crippen molar-refractivity contribution in [1.82, 2.24) is 9.62 Å². The summed E-state index contributed by atoms with van der Waals surface area (Å²) < 4.78 is 42.5. The van der Waals surface area contributed by atoms with Crippen molar-refractivity contribution >= 4 is 39.1 Å². The van der Waals surface area contributed by atoms with Crippen molar-refractivity contribution in [3.8, 4) is 5.75 Å². The van der Waals surface area contributed by atoms with E-state index in [0.29, 0.717) is 31.9 Å². The fourth-order valence-electron chi connectivity index (χ4n) is 8.56. The Morgan fingerprint density at radius 2 is 1.92 bits per heavy atom. The van der Waals surface area contributed by atoms with Crippen LogP contribution in [0.1, 0.15) is 94.6 Å². The molecule has 2 bridgehead atoms. The highest BCUT2D eigenvalue weighted by Gasteiger charge is 2.50. The maximum absolute atomic E-state index is 13.9. The van der Waals surface area contributed by atoms with E-state index in [4.69, 9.17) is 21.1 Å². The number of halogens is 1. The molecule has 1 spiro atoms. The van der Waals surface area contributed by atoms with Crippen LogP contribution in [0.3, 0.4) is 0 Å². The first-order chi connectivity index (χ1) is 24.0. The van der Waals surface area contributed by atoms with Crippen LogP contribution in [0, 0.1) is 17.8 Å². The highest BCUT2D eigenvalue weighted by atomic mass is 35.5. The van der Waals surface area contributed by atoms with E-state index in [1.54, 1.807) is 37.1 Å². The minimum absolute atomic E-state index is 0.00431. The van der Waals surface area contributed by atoms with E-state index in [0.717, 1.165) is 42.8 Å². The molecule has 2 aromatic rings. The molecule has 51 heavy (non-hydrogen) atoms. The molecule has 4 aliphatic rings. The average Bonchev–Trinajstić information content (AvgIpc) is 3.21. The van der Waals surface area contributed by atoms with Crippen LogP contribution in [-0.2, 0) is 31.4 Å². The van der Waals surface area contributed by atoms with E-state index in [9.17, 15) is 18.0 Å². The molecule has 2 aliphatic heterocycles. The van der Waals surface area contributed by atoms with Crippen LogP contribution in [-0.4, -0.2) is 75.4 Å². The number of ether oxygens (including phenoxy) is 2. The number of fused-ring (bicyclic) bond motifs is 4. The van der Waals surface area contributed by atoms with Crippen LogP contribution in [0.4, 0.5) is 5.69 Å². The van der Waals surface area contributed by atoms with Gasteiger partial charge in [-0.3, -0.25) is 9.59 Å². The molecule has 6 atom stereocenters. The molecule has 0 unspecified atom stereocenters. The zero-order chi connectivity index (χ0) is 36.9. The number of hydrogen-bond donors (Lipinski definition) is 1. The molecule has 9 nitrogen and oxygen atoms in total. The molecule has 278 valence electrons. The number of anilines is 1. The Labute approximate surface area is 309 Å². The molecule has 2 heterocycles. The van der Waals surface area contributed by atoms with Crippen molar-refractivity contribution in [2.75, 3.05) is 38.8 Å². The molecule has 2 aliphatic carbocycles. The molecule has 0 aromatic heterocycles. The van der Waals surface area contributed by atoms with Crippen molar-refractivity contribution in [3.05, 3.63) is 70.3 Å². The number of allylic oxidation sites excluding steroid dienone is 1. The SMILES string of the molecule is CO[C@@]1(CC(=O)N(C)C(C)(C)C)/C=C\C[C@H](C)[C@@H](C)S(=O)(=O)NC(=O)c2ccc3c(c2)N(C[C@@H]2CC[C@H]21)C[C@@]1(CCCc2cc(Cl)ccc21)CO3.